The predicted molar refractivity (Wildman–Crippen MR) is 102 cm³/mol. The van der Waals surface area contributed by atoms with Crippen molar-refractivity contribution in [3.8, 4) is 0 Å². The van der Waals surface area contributed by atoms with Crippen LogP contribution in [0.4, 0.5) is 5.69 Å². The zero-order valence-electron chi connectivity index (χ0n) is 14.7. The zero-order chi connectivity index (χ0) is 17.2. The van der Waals surface area contributed by atoms with E-state index in [0.29, 0.717) is 12.0 Å². The molecule has 4 nitrogen and oxygen atoms in total. The fourth-order valence-electron chi connectivity index (χ4n) is 4.00. The van der Waals surface area contributed by atoms with Crippen molar-refractivity contribution in [1.82, 2.24) is 9.88 Å². The van der Waals surface area contributed by atoms with Crippen molar-refractivity contribution in [2.24, 2.45) is 5.92 Å². The van der Waals surface area contributed by atoms with E-state index in [9.17, 15) is 4.79 Å². The second kappa shape index (κ2) is 7.16. The highest BCUT2D eigenvalue weighted by Crippen LogP contribution is 2.36. The Kier molecular flexibility index (Phi) is 4.75. The van der Waals surface area contributed by atoms with E-state index in [1.165, 1.54) is 36.2 Å². The van der Waals surface area contributed by atoms with Gasteiger partial charge in [0.2, 0.25) is 5.91 Å². The van der Waals surface area contributed by atoms with Crippen LogP contribution in [-0.4, -0.2) is 35.4 Å². The maximum absolute atomic E-state index is 11.2. The van der Waals surface area contributed by atoms with Crippen LogP contribution in [0.3, 0.4) is 0 Å². The molecule has 2 fully saturated rings. The number of benzene rings is 1. The first-order chi connectivity index (χ1) is 12.2. The Morgan fingerprint density at radius 3 is 2.76 bits per heavy atom. The van der Waals surface area contributed by atoms with Gasteiger partial charge >= 0.3 is 0 Å². The largest absolute Gasteiger partial charge is 0.363 e. The van der Waals surface area contributed by atoms with E-state index in [4.69, 9.17) is 0 Å². The summed E-state index contributed by atoms with van der Waals surface area (Å²) in [4.78, 5) is 20.2. The van der Waals surface area contributed by atoms with Gasteiger partial charge in [-0.05, 0) is 49.3 Å². The number of amides is 1. The molecule has 132 valence electrons. The molecule has 0 saturated carbocycles. The zero-order valence-corrected chi connectivity index (χ0v) is 15.5. The number of likely N-dealkylation sites (tertiary alicyclic amines) is 1. The fourth-order valence-corrected chi connectivity index (χ4v) is 4.60. The fraction of sp³-hybridized carbons (Fsp3) is 0.500. The molecule has 5 heteroatoms. The van der Waals surface area contributed by atoms with Crippen molar-refractivity contribution in [3.63, 3.8) is 0 Å². The maximum atomic E-state index is 11.2. The minimum Gasteiger partial charge on any atom is -0.363 e. The van der Waals surface area contributed by atoms with Gasteiger partial charge in [0.25, 0.3) is 0 Å². The van der Waals surface area contributed by atoms with E-state index in [1.54, 1.807) is 18.3 Å². The second-order valence-electron chi connectivity index (χ2n) is 7.26. The monoisotopic (exact) mass is 355 g/mol. The first-order valence-electron chi connectivity index (χ1n) is 9.20. The highest BCUT2D eigenvalue weighted by molar-refractivity contribution is 7.07. The van der Waals surface area contributed by atoms with Crippen LogP contribution in [0.15, 0.2) is 35.2 Å². The molecule has 1 aromatic heterocycles. The summed E-state index contributed by atoms with van der Waals surface area (Å²) in [6.45, 7) is 4.66. The van der Waals surface area contributed by atoms with E-state index < -0.39 is 0 Å². The molecule has 0 bridgehead atoms. The number of aryl methyl sites for hydroxylation is 1. The van der Waals surface area contributed by atoms with Crippen LogP contribution < -0.4 is 4.90 Å². The Morgan fingerprint density at radius 1 is 1.28 bits per heavy atom. The van der Waals surface area contributed by atoms with Crippen molar-refractivity contribution in [2.45, 2.75) is 38.6 Å². The van der Waals surface area contributed by atoms with Gasteiger partial charge in [-0.25, -0.2) is 4.98 Å². The highest BCUT2D eigenvalue weighted by Gasteiger charge is 2.29. The van der Waals surface area contributed by atoms with Gasteiger partial charge in [-0.3, -0.25) is 4.79 Å². The highest BCUT2D eigenvalue weighted by atomic mass is 32.1. The lowest BCUT2D eigenvalue weighted by molar-refractivity contribution is -0.135. The summed E-state index contributed by atoms with van der Waals surface area (Å²) in [5.74, 6) is 0.886. The van der Waals surface area contributed by atoms with Gasteiger partial charge in [0.05, 0.1) is 17.2 Å². The second-order valence-corrected chi connectivity index (χ2v) is 7.98. The van der Waals surface area contributed by atoms with Gasteiger partial charge in [-0.1, -0.05) is 12.1 Å². The topological polar surface area (TPSA) is 36.4 Å². The predicted octanol–water partition coefficient (Wildman–Crippen LogP) is 3.90. The Bertz CT molecular complexity index is 707. The standard InChI is InChI=1S/C20H25N3OS/c1-15(24)22-11-17(12-22)5-4-16-6-8-18(9-7-16)23-10-2-3-20(23)19-13-25-14-21-19/h6-9,13-14,17,20H,2-5,10-12H2,1H3. The van der Waals surface area contributed by atoms with Crippen molar-refractivity contribution in [2.75, 3.05) is 24.5 Å². The molecule has 1 amide bonds. The average molecular weight is 356 g/mol. The third kappa shape index (κ3) is 3.56. The summed E-state index contributed by atoms with van der Waals surface area (Å²) in [7, 11) is 0. The van der Waals surface area contributed by atoms with E-state index >= 15 is 0 Å². The van der Waals surface area contributed by atoms with Gasteiger partial charge in [0, 0.05) is 37.6 Å². The van der Waals surface area contributed by atoms with Crippen molar-refractivity contribution in [3.05, 3.63) is 46.4 Å². The third-order valence-electron chi connectivity index (χ3n) is 5.56. The third-order valence-corrected chi connectivity index (χ3v) is 6.16. The smallest absolute Gasteiger partial charge is 0.219 e. The molecular weight excluding hydrogens is 330 g/mol. The Balaban J connectivity index is 1.33. The number of hydrogen-bond acceptors (Lipinski definition) is 4. The summed E-state index contributed by atoms with van der Waals surface area (Å²) in [5.41, 5.74) is 5.86. The molecule has 2 aromatic rings. The Labute approximate surface area is 153 Å². The number of nitrogens with zero attached hydrogens (tertiary/aromatic N) is 3. The van der Waals surface area contributed by atoms with Crippen LogP contribution in [0.2, 0.25) is 0 Å². The summed E-state index contributed by atoms with van der Waals surface area (Å²) < 4.78 is 0. The molecule has 3 heterocycles. The molecule has 0 spiro atoms. The number of hydrogen-bond donors (Lipinski definition) is 0. The minimum atomic E-state index is 0.209. The molecule has 1 unspecified atom stereocenters. The molecule has 0 N–H and O–H groups in total. The molecule has 25 heavy (non-hydrogen) atoms. The minimum absolute atomic E-state index is 0.209. The first kappa shape index (κ1) is 16.6. The molecule has 2 saturated heterocycles. The summed E-state index contributed by atoms with van der Waals surface area (Å²) in [6.07, 6.45) is 4.71. The van der Waals surface area contributed by atoms with Crippen LogP contribution in [0, 0.1) is 5.92 Å². The lowest BCUT2D eigenvalue weighted by Gasteiger charge is -2.38. The number of carbonyl (C=O) groups is 1. The Hall–Kier alpha value is -1.88. The quantitative estimate of drug-likeness (QED) is 0.816. The van der Waals surface area contributed by atoms with Crippen LogP contribution in [0.25, 0.3) is 0 Å². The lowest BCUT2D eigenvalue weighted by Crippen LogP contribution is -2.49. The molecule has 4 rings (SSSR count). The molecule has 0 aliphatic carbocycles. The summed E-state index contributed by atoms with van der Waals surface area (Å²) >= 11 is 1.68. The average Bonchev–Trinajstić information content (AvgIpc) is 3.24. The SMILES string of the molecule is CC(=O)N1CC(CCc2ccc(N3CCCC3c3cscn3)cc2)C1. The van der Waals surface area contributed by atoms with Crippen molar-refractivity contribution < 1.29 is 4.79 Å². The lowest BCUT2D eigenvalue weighted by atomic mass is 9.92. The van der Waals surface area contributed by atoms with E-state index in [0.717, 1.165) is 26.1 Å². The van der Waals surface area contributed by atoms with Gasteiger partial charge in [-0.15, -0.1) is 11.3 Å². The number of thiazole rings is 1. The first-order valence-corrected chi connectivity index (χ1v) is 10.1. The molecule has 2 aliphatic rings. The van der Waals surface area contributed by atoms with E-state index in [1.807, 2.05) is 10.4 Å². The molecule has 1 atom stereocenters. The van der Waals surface area contributed by atoms with Gasteiger partial charge in [-0.2, -0.15) is 0 Å². The molecule has 1 aromatic carbocycles. The maximum Gasteiger partial charge on any atom is 0.219 e. The Morgan fingerprint density at radius 2 is 2.08 bits per heavy atom. The van der Waals surface area contributed by atoms with Gasteiger partial charge in [0.1, 0.15) is 0 Å². The van der Waals surface area contributed by atoms with Crippen molar-refractivity contribution >= 4 is 22.9 Å². The van der Waals surface area contributed by atoms with Crippen molar-refractivity contribution in [1.29, 1.82) is 0 Å². The summed E-state index contributed by atoms with van der Waals surface area (Å²) in [6, 6.07) is 9.51. The van der Waals surface area contributed by atoms with E-state index in [2.05, 4.69) is 39.5 Å². The number of aromatic nitrogens is 1. The van der Waals surface area contributed by atoms with Gasteiger partial charge in [0.15, 0.2) is 0 Å². The number of carbonyl (C=O) groups excluding carboxylic acids is 1. The normalized spacial score (nSPS) is 20.8. The number of rotatable bonds is 5. The van der Waals surface area contributed by atoms with E-state index in [-0.39, 0.29) is 5.91 Å². The van der Waals surface area contributed by atoms with Crippen LogP contribution in [0.5, 0.6) is 0 Å². The van der Waals surface area contributed by atoms with Crippen LogP contribution >= 0.6 is 11.3 Å². The van der Waals surface area contributed by atoms with Gasteiger partial charge < -0.3 is 9.80 Å². The molecule has 0 radical (unpaired) electrons. The number of anilines is 1. The van der Waals surface area contributed by atoms with Crippen LogP contribution in [-0.2, 0) is 11.2 Å². The van der Waals surface area contributed by atoms with Crippen LogP contribution in [0.1, 0.15) is 43.5 Å². The summed E-state index contributed by atoms with van der Waals surface area (Å²) in [5, 5.41) is 2.18. The molecular formula is C20H25N3OS. The molecule has 2 aliphatic heterocycles.